The summed E-state index contributed by atoms with van der Waals surface area (Å²) in [5, 5.41) is 125. The summed E-state index contributed by atoms with van der Waals surface area (Å²) < 4.78 is 52.0. The van der Waals surface area contributed by atoms with Gasteiger partial charge in [0.15, 0.2) is 30.2 Å². The highest BCUT2D eigenvalue weighted by molar-refractivity contribution is 6.32. The molecule has 5 aromatic carbocycles. The number of ether oxygens (including phenoxy) is 8. The maximum atomic E-state index is 16.4. The van der Waals surface area contributed by atoms with E-state index in [4.69, 9.17) is 66.7 Å². The van der Waals surface area contributed by atoms with Crippen molar-refractivity contribution in [1.82, 2.24) is 42.5 Å². The summed E-state index contributed by atoms with van der Waals surface area (Å²) in [5.74, 6) is -14.0. The number of aliphatic hydroxyl groups is 6. The highest BCUT2D eigenvalue weighted by Gasteiger charge is 2.52. The van der Waals surface area contributed by atoms with Gasteiger partial charge < -0.3 is 144 Å². The van der Waals surface area contributed by atoms with Gasteiger partial charge in [-0.25, -0.2) is 0 Å². The van der Waals surface area contributed by atoms with Gasteiger partial charge >= 0.3 is 0 Å². The molecule has 3 saturated heterocycles. The van der Waals surface area contributed by atoms with E-state index in [1.807, 2.05) is 13.8 Å². The largest absolute Gasteiger partial charge is 0.508 e. The second-order valence-corrected chi connectivity index (χ2v) is 30.1. The number of amides is 8. The van der Waals surface area contributed by atoms with Gasteiger partial charge in [0.05, 0.1) is 48.5 Å². The lowest BCUT2D eigenvalue weighted by atomic mass is 9.86. The van der Waals surface area contributed by atoms with Crippen LogP contribution in [0.4, 0.5) is 0 Å². The number of carbonyl (C=O) groups excluding carboxylic acids is 8. The molecule has 0 saturated carbocycles. The number of hydrogen-bond donors (Lipinski definition) is 20. The average molecular weight is 1590 g/mol. The number of carbonyl (C=O) groups is 8. The molecule has 1 unspecified atom stereocenters. The molecule has 22 atom stereocenters. The fraction of sp³-hybridized carbons (Fsp3) is 0.493. The van der Waals surface area contributed by atoms with Crippen molar-refractivity contribution in [2.75, 3.05) is 20.2 Å². The van der Waals surface area contributed by atoms with Crippen molar-refractivity contribution in [2.24, 2.45) is 23.1 Å². The van der Waals surface area contributed by atoms with Crippen LogP contribution in [0, 0.1) is 5.92 Å². The van der Waals surface area contributed by atoms with E-state index in [0.29, 0.717) is 0 Å². The number of halogens is 1. The first-order chi connectivity index (χ1) is 52.9. The number of likely N-dealkylation sites (N-methyl/N-ethyl adjacent to an activating group) is 2. The van der Waals surface area contributed by atoms with E-state index in [9.17, 15) is 60.3 Å². The van der Waals surface area contributed by atoms with Gasteiger partial charge in [0, 0.05) is 47.7 Å². The number of rotatable bonds is 16. The summed E-state index contributed by atoms with van der Waals surface area (Å²) in [5.41, 5.74) is 14.3. The summed E-state index contributed by atoms with van der Waals surface area (Å²) in [6, 6.07) is 2.70. The number of benzene rings is 5. The first-order valence-corrected chi connectivity index (χ1v) is 36.7. The summed E-state index contributed by atoms with van der Waals surface area (Å²) in [6.45, 7) is 10.3. The topological polar surface area (TPSA) is 567 Å². The molecule has 8 heterocycles. The molecule has 0 radical (unpaired) electrons. The smallest absolute Gasteiger partial charge is 0.248 e. The van der Waals surface area contributed by atoms with Crippen LogP contribution in [0.5, 0.6) is 46.0 Å². The SMILES string of the molecule is CCNC(=O)C1NC(=O)[C@H]2NC(=O)[C@H](NC(=O)[C@@H]3NC(=O)[C@H](CC(N)=O)NC(=O)[C@H](NC(=O)[C@@H](CC(C)C)NC)[C@H](O)c4ccc(c(Cl)c4)Oc4cc3cc(c4O[C@@H]3O[C@H](CO)[C@@H](O)[C@H](O)[C@H]3O[C@H]3C[C@](C)(N)[C@@H](O)[C@H](C)O3)Oc3ccc(cc3)[C@H]2O[C@H]2C[C@](C)(N)[C@@H](O)[C@H](C)O2)c2ccc(O)c(c2)-c2c(O)cc(O)cc21. The van der Waals surface area contributed by atoms with Crippen molar-refractivity contribution < 1.29 is 122 Å². The predicted octanol–water partition coefficient (Wildman–Crippen LogP) is -0.258. The third-order valence-corrected chi connectivity index (χ3v) is 20.7. The molecule has 11 bridgehead atoms. The van der Waals surface area contributed by atoms with Crippen molar-refractivity contribution in [3.63, 3.8) is 0 Å². The highest BCUT2D eigenvalue weighted by Crippen LogP contribution is 2.50. The van der Waals surface area contributed by atoms with Gasteiger partial charge in [-0.3, -0.25) is 38.4 Å². The molecule has 8 aliphatic heterocycles. The molecule has 36 nitrogen and oxygen atoms in total. The van der Waals surface area contributed by atoms with E-state index in [2.05, 4.69) is 42.5 Å². The quantitative estimate of drug-likeness (QED) is 0.0605. The molecule has 5 aromatic rings. The Bertz CT molecular complexity index is 4390. The second kappa shape index (κ2) is 34.0. The lowest BCUT2D eigenvalue weighted by Crippen LogP contribution is -2.64. The van der Waals surface area contributed by atoms with Crippen LogP contribution in [0.2, 0.25) is 5.02 Å². The Morgan fingerprint density at radius 2 is 1.29 bits per heavy atom. The molecule has 0 aliphatic carbocycles. The van der Waals surface area contributed by atoms with Crippen LogP contribution >= 0.6 is 11.6 Å². The first-order valence-electron chi connectivity index (χ1n) is 36.3. The van der Waals surface area contributed by atoms with E-state index < -0.39 is 239 Å². The van der Waals surface area contributed by atoms with E-state index in [0.717, 1.165) is 48.5 Å². The number of nitrogens with two attached hydrogens (primary N) is 3. The molecule has 23 N–H and O–H groups in total. The van der Waals surface area contributed by atoms with E-state index >= 15 is 24.0 Å². The number of fused-ring (bicyclic) bond motifs is 15. The number of aliphatic hydroxyl groups excluding tert-OH is 6. The van der Waals surface area contributed by atoms with E-state index in [1.54, 1.807) is 6.92 Å². The Morgan fingerprint density at radius 3 is 1.89 bits per heavy atom. The molecule has 8 amide bonds. The molecule has 0 aromatic heterocycles. The standard InChI is InChI=1S/C75H94ClN11O25/c1-9-81-68(100)55-39-23-36(89)24-44(91)52(39)38-19-33(12-16-43(38)90)53-69(101)87-57(72(104)85-55)61(110-50-26-74(6,78)64(96)30(4)105-50)32-10-14-37(15-11-32)107-46-21-35-22-47(62(46)112-73-63(60(95)59(94)48(28-88)109-73)111-51-27-75(7,79)65(97)31(5)106-51)108-45-17-13-34(20-40(45)76)58(93)56(86-66(98)41(80-8)18-29(2)3)71(103)82-42(25-49(77)92)67(99)83-54(35)70(102)84-53/h10-17,19-24,29-31,41-42,48,50-51,53-61,63-65,73,80,88-91,93-97H,9,18,25-28,78-79H2,1-8H3,(H2,77,92)(H,81,100)(H,82,103)(H,83,99)(H,84,102)(H,85,104)(H,86,98)(H,87,101)/t30-,31-,41+,42-,48+,50-,51-,53+,54+,55?,56+,57-,58+,59+,60-,61+,63+,64-,65-,73-,74-,75-/m0/s1. The lowest BCUT2D eigenvalue weighted by molar-refractivity contribution is -0.333. The van der Waals surface area contributed by atoms with Crippen molar-refractivity contribution in [3.05, 3.63) is 118 Å². The summed E-state index contributed by atoms with van der Waals surface area (Å²) >= 11 is 7.15. The molecule has 606 valence electrons. The molecule has 3 fully saturated rings. The summed E-state index contributed by atoms with van der Waals surface area (Å²) in [7, 11) is 1.48. The summed E-state index contributed by atoms with van der Waals surface area (Å²) in [4.78, 5) is 121. The van der Waals surface area contributed by atoms with E-state index in [-0.39, 0.29) is 76.1 Å². The van der Waals surface area contributed by atoms with Crippen LogP contribution < -0.4 is 73.9 Å². The third-order valence-electron chi connectivity index (χ3n) is 20.4. The Balaban J connectivity index is 1.18. The van der Waals surface area contributed by atoms with Crippen LogP contribution in [-0.2, 0) is 62.0 Å². The monoisotopic (exact) mass is 1580 g/mol. The van der Waals surface area contributed by atoms with Crippen molar-refractivity contribution in [3.8, 4) is 57.1 Å². The van der Waals surface area contributed by atoms with Crippen LogP contribution in [0.1, 0.15) is 132 Å². The normalized spacial score (nSPS) is 31.8. The van der Waals surface area contributed by atoms with Crippen LogP contribution in [0.25, 0.3) is 11.1 Å². The predicted molar refractivity (Wildman–Crippen MR) is 392 cm³/mol. The molecular formula is C75H94ClN11O25. The zero-order chi connectivity index (χ0) is 81.4. The fourth-order valence-electron chi connectivity index (χ4n) is 14.5. The fourth-order valence-corrected chi connectivity index (χ4v) is 14.7. The average Bonchev–Trinajstić information content (AvgIpc) is 0.766. The zero-order valence-electron chi connectivity index (χ0n) is 62.1. The Kier molecular flexibility index (Phi) is 25.3. The Labute approximate surface area is 646 Å². The zero-order valence-corrected chi connectivity index (χ0v) is 62.9. The van der Waals surface area contributed by atoms with Gasteiger partial charge in [0.1, 0.15) is 95.5 Å². The van der Waals surface area contributed by atoms with Gasteiger partial charge in [-0.05, 0) is 136 Å². The second-order valence-electron chi connectivity index (χ2n) is 29.7. The van der Waals surface area contributed by atoms with E-state index in [1.165, 1.54) is 71.1 Å². The molecule has 112 heavy (non-hydrogen) atoms. The van der Waals surface area contributed by atoms with Gasteiger partial charge in [-0.1, -0.05) is 49.7 Å². The lowest BCUT2D eigenvalue weighted by Gasteiger charge is -2.47. The van der Waals surface area contributed by atoms with Crippen LogP contribution in [0.3, 0.4) is 0 Å². The minimum absolute atomic E-state index is 0.0114. The van der Waals surface area contributed by atoms with Gasteiger partial charge in [0.25, 0.3) is 0 Å². The minimum atomic E-state index is -2.32. The Hall–Kier alpha value is -9.61. The molecule has 13 rings (SSSR count). The number of hydrogen-bond acceptors (Lipinski definition) is 28. The van der Waals surface area contributed by atoms with Crippen molar-refractivity contribution in [2.45, 2.75) is 207 Å². The van der Waals surface area contributed by atoms with Crippen LogP contribution in [-0.4, -0.2) is 216 Å². The van der Waals surface area contributed by atoms with Crippen molar-refractivity contribution in [1.29, 1.82) is 0 Å². The molecule has 37 heteroatoms. The maximum absolute atomic E-state index is 16.4. The number of aromatic hydroxyl groups is 3. The highest BCUT2D eigenvalue weighted by atomic mass is 35.5. The third kappa shape index (κ3) is 17.9. The maximum Gasteiger partial charge on any atom is 0.248 e. The molecule has 0 spiro atoms. The minimum Gasteiger partial charge on any atom is -0.508 e. The van der Waals surface area contributed by atoms with Crippen molar-refractivity contribution >= 4 is 58.9 Å². The van der Waals surface area contributed by atoms with Gasteiger partial charge in [0.2, 0.25) is 59.3 Å². The number of phenols is 3. The Morgan fingerprint density at radius 1 is 0.679 bits per heavy atom. The van der Waals surface area contributed by atoms with Gasteiger partial charge in [-0.2, -0.15) is 0 Å². The molecule has 8 aliphatic rings. The van der Waals surface area contributed by atoms with Gasteiger partial charge in [-0.15, -0.1) is 0 Å². The number of nitrogens with one attached hydrogen (secondary N) is 8. The number of phenolic OH excluding ortho intramolecular Hbond substituents is 3. The van der Waals surface area contributed by atoms with Crippen LogP contribution in [0.15, 0.2) is 84.9 Å². The number of primary amides is 1. The molecular weight excluding hydrogens is 1490 g/mol. The first kappa shape index (κ1) is 83.3. The summed E-state index contributed by atoms with van der Waals surface area (Å²) in [6.07, 6.45) is -22.1.